The molecule has 0 bridgehead atoms. The fourth-order valence-electron chi connectivity index (χ4n) is 6.89. The molecule has 1 aliphatic rings. The van der Waals surface area contributed by atoms with Gasteiger partial charge < -0.3 is 18.9 Å². The topological polar surface area (TPSA) is 80.3 Å². The highest BCUT2D eigenvalue weighted by atomic mass is 32.2. The lowest BCUT2D eigenvalue weighted by atomic mass is 10.1. The molecule has 2 rings (SSSR count). The van der Waals surface area contributed by atoms with Crippen LogP contribution >= 0.6 is 0 Å². The maximum atomic E-state index is 11.5. The minimum Gasteiger partial charge on any atom is -0.493 e. The van der Waals surface area contributed by atoms with Crippen molar-refractivity contribution in [1.82, 2.24) is 0 Å². The van der Waals surface area contributed by atoms with Gasteiger partial charge in [0.2, 0.25) is 0 Å². The van der Waals surface area contributed by atoms with Crippen molar-refractivity contribution < 1.29 is 31.5 Å². The van der Waals surface area contributed by atoms with Crippen LogP contribution in [0.15, 0.2) is 42.5 Å². The summed E-state index contributed by atoms with van der Waals surface area (Å²) < 4.78 is 52.2. The van der Waals surface area contributed by atoms with Gasteiger partial charge in [0.1, 0.15) is 17.6 Å². The minimum atomic E-state index is -3.55. The lowest BCUT2D eigenvalue weighted by Crippen LogP contribution is -2.20. The second-order valence-corrected chi connectivity index (χ2v) is 17.4. The van der Waals surface area contributed by atoms with Gasteiger partial charge in [-0.15, -0.1) is 0 Å². The van der Waals surface area contributed by atoms with Crippen LogP contribution < -0.4 is 9.47 Å². The largest absolute Gasteiger partial charge is 0.493 e. The molecule has 0 amide bonds. The first kappa shape index (κ1) is 49.3. The number of hydrogen-bond donors (Lipinski definition) is 0. The molecule has 0 saturated carbocycles. The van der Waals surface area contributed by atoms with Gasteiger partial charge in [0, 0.05) is 11.6 Å². The molecule has 1 aromatic carbocycles. The lowest BCUT2D eigenvalue weighted by molar-refractivity contribution is -0.0658. The predicted octanol–water partition coefficient (Wildman–Crippen LogP) is 13.9. The quantitative estimate of drug-likeness (QED) is 0.0375. The molecule has 0 aromatic heterocycles. The Kier molecular flexibility index (Phi) is 30.6. The second kappa shape index (κ2) is 34.2. The first-order chi connectivity index (χ1) is 26.9. The zero-order valence-electron chi connectivity index (χ0n) is 35.6. The zero-order valence-corrected chi connectivity index (χ0v) is 36.4. The Morgan fingerprint density at radius 3 is 1.35 bits per heavy atom. The molecule has 1 aromatic rings. The van der Waals surface area contributed by atoms with E-state index in [9.17, 15) is 8.42 Å². The Morgan fingerprint density at radius 2 is 0.945 bits per heavy atom. The molecule has 55 heavy (non-hydrogen) atoms. The highest BCUT2D eigenvalue weighted by Gasteiger charge is 2.29. The summed E-state index contributed by atoms with van der Waals surface area (Å²) in [5.74, 6) is 1.48. The molecule has 0 aliphatic carbocycles. The maximum absolute atomic E-state index is 11.5. The fourth-order valence-corrected chi connectivity index (χ4v) is 7.28. The number of ether oxygens (including phenoxy) is 4. The molecule has 318 valence electrons. The van der Waals surface area contributed by atoms with E-state index in [4.69, 9.17) is 23.1 Å². The van der Waals surface area contributed by atoms with Crippen LogP contribution in [0.1, 0.15) is 205 Å². The number of allylic oxidation sites excluding steroid dienone is 4. The maximum Gasteiger partial charge on any atom is 0.264 e. The van der Waals surface area contributed by atoms with E-state index in [0.29, 0.717) is 13.2 Å². The van der Waals surface area contributed by atoms with Gasteiger partial charge in [0.05, 0.1) is 32.7 Å². The van der Waals surface area contributed by atoms with E-state index in [1.165, 1.54) is 154 Å². The van der Waals surface area contributed by atoms with Gasteiger partial charge in [0.15, 0.2) is 6.29 Å². The molecular weight excluding hydrogens is 709 g/mol. The van der Waals surface area contributed by atoms with Crippen molar-refractivity contribution in [1.29, 1.82) is 0 Å². The van der Waals surface area contributed by atoms with Gasteiger partial charge in [-0.25, -0.2) is 0 Å². The van der Waals surface area contributed by atoms with Crippen molar-refractivity contribution in [2.45, 2.75) is 206 Å². The van der Waals surface area contributed by atoms with Gasteiger partial charge in [-0.05, 0) is 76.3 Å². The smallest absolute Gasteiger partial charge is 0.264 e. The van der Waals surface area contributed by atoms with Crippen molar-refractivity contribution in [3.8, 4) is 11.5 Å². The Hall–Kier alpha value is -1.87. The molecule has 1 heterocycles. The monoisotopic (exact) mass is 791 g/mol. The van der Waals surface area contributed by atoms with E-state index in [1.807, 2.05) is 18.2 Å². The van der Waals surface area contributed by atoms with Crippen LogP contribution in [0, 0.1) is 0 Å². The molecule has 7 nitrogen and oxygen atoms in total. The number of benzene rings is 1. The Bertz CT molecular complexity index is 1140. The first-order valence-corrected chi connectivity index (χ1v) is 24.5. The standard InChI is InChI=1S/C47H82O7S/c1-4-6-8-10-12-14-16-18-20-22-24-26-28-30-32-34-36-50-44-38-43(47-52-41-46(54-47)42-53-55(3,48)49)39-45(40-44)51-37-35-33-31-29-27-25-23-21-19-17-15-13-11-9-7-5-2/h18-21,38-40,46-47H,4-17,22-37,41-42H2,1-3H3/b20-18-,21-19-/t46-,47?/m1/s1. The van der Waals surface area contributed by atoms with Crippen LogP contribution in [-0.2, 0) is 23.8 Å². The van der Waals surface area contributed by atoms with Crippen LogP contribution in [0.2, 0.25) is 0 Å². The molecule has 1 saturated heterocycles. The predicted molar refractivity (Wildman–Crippen MR) is 231 cm³/mol. The van der Waals surface area contributed by atoms with Crippen molar-refractivity contribution in [3.63, 3.8) is 0 Å². The highest BCUT2D eigenvalue weighted by molar-refractivity contribution is 7.85. The third-order valence-electron chi connectivity index (χ3n) is 10.2. The highest BCUT2D eigenvalue weighted by Crippen LogP contribution is 2.33. The molecule has 0 N–H and O–H groups in total. The number of rotatable bonds is 38. The summed E-state index contributed by atoms with van der Waals surface area (Å²) in [6.45, 7) is 6.03. The summed E-state index contributed by atoms with van der Waals surface area (Å²) >= 11 is 0. The normalized spacial score (nSPS) is 16.2. The Balaban J connectivity index is 1.65. The molecule has 0 spiro atoms. The summed E-state index contributed by atoms with van der Waals surface area (Å²) in [4.78, 5) is 0. The Morgan fingerprint density at radius 1 is 0.564 bits per heavy atom. The van der Waals surface area contributed by atoms with E-state index >= 15 is 0 Å². The molecule has 8 heteroatoms. The summed E-state index contributed by atoms with van der Waals surface area (Å²) in [6, 6.07) is 5.85. The van der Waals surface area contributed by atoms with E-state index in [-0.39, 0.29) is 13.2 Å². The fraction of sp³-hybridized carbons (Fsp3) is 0.787. The van der Waals surface area contributed by atoms with E-state index < -0.39 is 22.5 Å². The van der Waals surface area contributed by atoms with E-state index in [0.717, 1.165) is 49.0 Å². The van der Waals surface area contributed by atoms with Gasteiger partial charge in [-0.3, -0.25) is 4.18 Å². The third kappa shape index (κ3) is 29.1. The molecule has 1 unspecified atom stereocenters. The van der Waals surface area contributed by atoms with Crippen LogP contribution in [-0.4, -0.2) is 47.2 Å². The zero-order chi connectivity index (χ0) is 39.5. The summed E-state index contributed by atoms with van der Waals surface area (Å²) in [7, 11) is -3.55. The van der Waals surface area contributed by atoms with Crippen LogP contribution in [0.4, 0.5) is 0 Å². The summed E-state index contributed by atoms with van der Waals surface area (Å²) in [5.41, 5.74) is 0.802. The second-order valence-electron chi connectivity index (χ2n) is 15.7. The van der Waals surface area contributed by atoms with Crippen molar-refractivity contribution in [3.05, 3.63) is 48.1 Å². The molecule has 0 radical (unpaired) electrons. The van der Waals surface area contributed by atoms with Crippen molar-refractivity contribution >= 4 is 10.1 Å². The molecule has 1 fully saturated rings. The van der Waals surface area contributed by atoms with E-state index in [1.54, 1.807) is 0 Å². The first-order valence-electron chi connectivity index (χ1n) is 22.7. The van der Waals surface area contributed by atoms with Crippen molar-refractivity contribution in [2.75, 3.05) is 32.7 Å². The minimum absolute atomic E-state index is 0.0687. The summed E-state index contributed by atoms with van der Waals surface area (Å²) in [6.07, 6.45) is 45.3. The van der Waals surface area contributed by atoms with Gasteiger partial charge in [0.25, 0.3) is 10.1 Å². The van der Waals surface area contributed by atoms with Crippen LogP contribution in [0.25, 0.3) is 0 Å². The van der Waals surface area contributed by atoms with Gasteiger partial charge >= 0.3 is 0 Å². The van der Waals surface area contributed by atoms with E-state index in [2.05, 4.69) is 38.2 Å². The number of hydrogen-bond acceptors (Lipinski definition) is 7. The third-order valence-corrected chi connectivity index (χ3v) is 10.8. The van der Waals surface area contributed by atoms with Crippen LogP contribution in [0.3, 0.4) is 0 Å². The molecule has 2 atom stereocenters. The lowest BCUT2D eigenvalue weighted by Gasteiger charge is -2.16. The molecule has 1 aliphatic heterocycles. The summed E-state index contributed by atoms with van der Waals surface area (Å²) in [5, 5.41) is 0. The Labute approximate surface area is 338 Å². The SMILES string of the molecule is CCCCCCCC/C=C\CCCCCCCCOc1cc(OCCCCCCCC/C=C\CCCCCCCC)cc(C2OC[C@H](COS(C)(=O)=O)O2)c1. The van der Waals surface area contributed by atoms with Gasteiger partial charge in [-0.1, -0.05) is 154 Å². The molecular formula is C47H82O7S. The number of unbranched alkanes of at least 4 members (excludes halogenated alkanes) is 24. The average molecular weight is 791 g/mol. The van der Waals surface area contributed by atoms with Crippen LogP contribution in [0.5, 0.6) is 11.5 Å². The van der Waals surface area contributed by atoms with Crippen molar-refractivity contribution in [2.24, 2.45) is 0 Å². The van der Waals surface area contributed by atoms with Gasteiger partial charge in [-0.2, -0.15) is 8.42 Å². The average Bonchev–Trinajstić information content (AvgIpc) is 3.66.